The van der Waals surface area contributed by atoms with E-state index < -0.39 is 0 Å². The molecule has 0 bridgehead atoms. The standard InChI is InChI=1S/6C10H10N2.6C2H6/c1-7-3-9-4-8(2)12-6-10(9)5-11-7;1-7-3-8(2)9-5-11-6-12-10(9)4-7;1-7-5-8(2)10-9(6-7)11-3-4-12-10;1-7-5-8(2)9-3-4-11-12-10(9)6-7;1-7-3-4-9-6-11-8(2)5-10(9)12-7;1-7-3-4-9-6-11-8(2)12-10(9)5-7;6*1-2/h6*3-6H,1-2H3;6*1-2H3. The third kappa shape index (κ3) is 24.1. The Labute approximate surface area is 503 Å². The lowest BCUT2D eigenvalue weighted by Gasteiger charge is -2.01. The van der Waals surface area contributed by atoms with E-state index in [4.69, 9.17) is 0 Å². The summed E-state index contributed by atoms with van der Waals surface area (Å²) >= 11 is 0. The van der Waals surface area contributed by atoms with Gasteiger partial charge in [0.25, 0.3) is 0 Å². The first-order valence-corrected chi connectivity index (χ1v) is 29.7. The molecule has 0 saturated heterocycles. The second-order valence-electron chi connectivity index (χ2n) is 18.0. The molecule has 0 saturated carbocycles. The lowest BCUT2D eigenvalue weighted by Crippen LogP contribution is -1.87. The predicted molar refractivity (Wildman–Crippen MR) is 362 cm³/mol. The predicted octanol–water partition coefficient (Wildman–Crippen LogP) is 19.6. The van der Waals surface area contributed by atoms with Gasteiger partial charge in [0.1, 0.15) is 12.2 Å². The Bertz CT molecular complexity index is 3310. The summed E-state index contributed by atoms with van der Waals surface area (Å²) in [6.45, 7) is 48.4. The summed E-state index contributed by atoms with van der Waals surface area (Å²) in [6.07, 6.45) is 16.1. The van der Waals surface area contributed by atoms with Crippen LogP contribution in [0.25, 0.3) is 65.4 Å². The maximum absolute atomic E-state index is 4.40. The van der Waals surface area contributed by atoms with Gasteiger partial charge >= 0.3 is 0 Å². The Morgan fingerprint density at radius 3 is 1.37 bits per heavy atom. The lowest BCUT2D eigenvalue weighted by molar-refractivity contribution is 1.07. The molecule has 0 aliphatic rings. The molecule has 0 aliphatic heterocycles. The van der Waals surface area contributed by atoms with Crippen LogP contribution in [0, 0.1) is 83.1 Å². The van der Waals surface area contributed by atoms with Gasteiger partial charge in [-0.25, -0.2) is 19.9 Å². The van der Waals surface area contributed by atoms with Gasteiger partial charge in [-0.3, -0.25) is 29.9 Å². The van der Waals surface area contributed by atoms with Crippen LogP contribution in [-0.2, 0) is 0 Å². The molecule has 12 aromatic rings. The van der Waals surface area contributed by atoms with Crippen LogP contribution < -0.4 is 0 Å². The molecule has 0 atom stereocenters. The summed E-state index contributed by atoms with van der Waals surface area (Å²) in [5.41, 5.74) is 18.9. The Kier molecular flexibility index (Phi) is 35.4. The molecule has 84 heavy (non-hydrogen) atoms. The van der Waals surface area contributed by atoms with Crippen LogP contribution in [0.1, 0.15) is 151 Å². The van der Waals surface area contributed by atoms with Crippen molar-refractivity contribution < 1.29 is 0 Å². The summed E-state index contributed by atoms with van der Waals surface area (Å²) in [7, 11) is 0. The van der Waals surface area contributed by atoms with Gasteiger partial charge in [0.05, 0.1) is 39.3 Å². The van der Waals surface area contributed by atoms with Gasteiger partial charge in [0.2, 0.25) is 0 Å². The van der Waals surface area contributed by atoms with Crippen molar-refractivity contribution >= 4 is 65.4 Å². The minimum atomic E-state index is 0.827. The number of aromatic nitrogens is 12. The van der Waals surface area contributed by atoms with E-state index in [1.807, 2.05) is 179 Å². The first-order chi connectivity index (χ1) is 40.6. The Morgan fingerprint density at radius 2 is 0.762 bits per heavy atom. The molecule has 4 aromatic carbocycles. The second-order valence-corrected chi connectivity index (χ2v) is 18.0. The number of pyridine rings is 4. The van der Waals surface area contributed by atoms with E-state index in [0.717, 1.165) is 83.2 Å². The van der Waals surface area contributed by atoms with Crippen molar-refractivity contribution in [2.45, 2.75) is 166 Å². The highest BCUT2D eigenvalue weighted by Crippen LogP contribution is 2.19. The van der Waals surface area contributed by atoms with Gasteiger partial charge in [0, 0.05) is 93.1 Å². The van der Waals surface area contributed by atoms with Gasteiger partial charge in [0.15, 0.2) is 0 Å². The van der Waals surface area contributed by atoms with E-state index >= 15 is 0 Å². The minimum absolute atomic E-state index is 0.827. The minimum Gasteiger partial charge on any atom is -0.261 e. The quantitative estimate of drug-likeness (QED) is 0.142. The molecule has 0 radical (unpaired) electrons. The Balaban J connectivity index is 0.000000486. The van der Waals surface area contributed by atoms with E-state index in [1.165, 1.54) is 49.7 Å². The highest BCUT2D eigenvalue weighted by atomic mass is 15.1. The van der Waals surface area contributed by atoms with Gasteiger partial charge in [-0.2, -0.15) is 10.2 Å². The number of hydrogen-bond donors (Lipinski definition) is 0. The maximum atomic E-state index is 4.40. The zero-order valence-electron chi connectivity index (χ0n) is 55.2. The average molecular weight is 1130 g/mol. The topological polar surface area (TPSA) is 155 Å². The van der Waals surface area contributed by atoms with Crippen LogP contribution >= 0.6 is 0 Å². The summed E-state index contributed by atoms with van der Waals surface area (Å²) in [5.74, 6) is 0.827. The number of nitrogens with zero attached hydrogens (tertiary/aromatic N) is 12. The van der Waals surface area contributed by atoms with Crippen molar-refractivity contribution in [3.8, 4) is 0 Å². The number of rotatable bonds is 0. The number of benzene rings is 4. The van der Waals surface area contributed by atoms with Crippen LogP contribution in [0.4, 0.5) is 0 Å². The first kappa shape index (κ1) is 73.4. The number of aryl methyl sites for hydroxylation is 12. The van der Waals surface area contributed by atoms with Gasteiger partial charge in [-0.15, -0.1) is 0 Å². The molecule has 0 spiro atoms. The van der Waals surface area contributed by atoms with Crippen molar-refractivity contribution in [3.05, 3.63) is 214 Å². The Morgan fingerprint density at radius 1 is 0.286 bits per heavy atom. The number of hydrogen-bond acceptors (Lipinski definition) is 12. The second kappa shape index (κ2) is 40.5. The maximum Gasteiger partial charge on any atom is 0.125 e. The van der Waals surface area contributed by atoms with E-state index in [2.05, 4.69) is 169 Å². The third-order valence-corrected chi connectivity index (χ3v) is 11.5. The zero-order chi connectivity index (χ0) is 63.3. The summed E-state index contributed by atoms with van der Waals surface area (Å²) in [6, 6.07) is 31.0. The molecule has 0 unspecified atom stereocenters. The van der Waals surface area contributed by atoms with E-state index in [9.17, 15) is 0 Å². The molecule has 0 amide bonds. The van der Waals surface area contributed by atoms with Crippen molar-refractivity contribution in [1.29, 1.82) is 0 Å². The first-order valence-electron chi connectivity index (χ1n) is 29.7. The fourth-order valence-electron chi connectivity index (χ4n) is 8.02. The van der Waals surface area contributed by atoms with Gasteiger partial charge in [-0.1, -0.05) is 113 Å². The fourth-order valence-corrected chi connectivity index (χ4v) is 8.02. The zero-order valence-corrected chi connectivity index (χ0v) is 55.2. The molecule has 0 fully saturated rings. The van der Waals surface area contributed by atoms with Gasteiger partial charge in [-0.05, 0) is 188 Å². The average Bonchev–Trinajstić information content (AvgIpc) is 3.68. The highest BCUT2D eigenvalue weighted by Gasteiger charge is 2.02. The van der Waals surface area contributed by atoms with E-state index in [1.54, 1.807) is 24.9 Å². The van der Waals surface area contributed by atoms with Crippen molar-refractivity contribution in [2.24, 2.45) is 0 Å². The SMILES string of the molecule is CC.CC.CC.CC.CC.CC.Cc1cc(C)c2ccnnc2c1.Cc1cc(C)c2cncnc2c1.Cc1cc(C)c2nccnc2c1.Cc1cc2cc(C)ncc2cn1.Cc1cc2nc(C)ccc2cn1.Cc1ccc2cnc(C)nc2c1. The van der Waals surface area contributed by atoms with Crippen LogP contribution in [0.5, 0.6) is 0 Å². The normalized spacial score (nSPS) is 9.43. The van der Waals surface area contributed by atoms with Crippen molar-refractivity contribution in [3.63, 3.8) is 0 Å². The molecule has 0 N–H and O–H groups in total. The van der Waals surface area contributed by atoms with Crippen molar-refractivity contribution in [1.82, 2.24) is 60.0 Å². The van der Waals surface area contributed by atoms with Crippen LogP contribution in [0.3, 0.4) is 0 Å². The lowest BCUT2D eigenvalue weighted by atomic mass is 10.1. The smallest absolute Gasteiger partial charge is 0.125 e. The van der Waals surface area contributed by atoms with Crippen molar-refractivity contribution in [2.75, 3.05) is 0 Å². The summed E-state index contributed by atoms with van der Waals surface area (Å²) in [4.78, 5) is 42.1. The van der Waals surface area contributed by atoms with E-state index in [-0.39, 0.29) is 0 Å². The summed E-state index contributed by atoms with van der Waals surface area (Å²) < 4.78 is 0. The van der Waals surface area contributed by atoms with Crippen LogP contribution in [0.15, 0.2) is 147 Å². The number of fused-ring (bicyclic) bond motifs is 6. The molecule has 444 valence electrons. The summed E-state index contributed by atoms with van der Waals surface area (Å²) in [5, 5.41) is 14.8. The van der Waals surface area contributed by atoms with E-state index in [0.29, 0.717) is 0 Å². The molecule has 12 heteroatoms. The van der Waals surface area contributed by atoms with Crippen LogP contribution in [-0.4, -0.2) is 60.0 Å². The monoisotopic (exact) mass is 1130 g/mol. The Hall–Kier alpha value is -8.64. The van der Waals surface area contributed by atoms with Crippen LogP contribution in [0.2, 0.25) is 0 Å². The molecular weight excluding hydrogens is 1030 g/mol. The fraction of sp³-hybridized carbons (Fsp3) is 0.333. The van der Waals surface area contributed by atoms with Gasteiger partial charge < -0.3 is 0 Å². The molecule has 12 nitrogen and oxygen atoms in total. The molecule has 8 heterocycles. The molecular formula is C72H96N12. The molecule has 0 aliphatic carbocycles. The highest BCUT2D eigenvalue weighted by molar-refractivity contribution is 5.84. The molecule has 8 aromatic heterocycles. The largest absolute Gasteiger partial charge is 0.261 e. The molecule has 12 rings (SSSR count). The third-order valence-electron chi connectivity index (χ3n) is 11.5.